The maximum absolute atomic E-state index is 13.5. The molecule has 0 spiro atoms. The number of anilines is 1. The van der Waals surface area contributed by atoms with Crippen LogP contribution < -0.4 is 10.0 Å². The Morgan fingerprint density at radius 3 is 2.38 bits per heavy atom. The van der Waals surface area contributed by atoms with Gasteiger partial charge in [0.25, 0.3) is 0 Å². The second-order valence-corrected chi connectivity index (χ2v) is 8.29. The lowest BCUT2D eigenvalue weighted by atomic mass is 10.3. The van der Waals surface area contributed by atoms with Crippen molar-refractivity contribution >= 4 is 31.5 Å². The van der Waals surface area contributed by atoms with Gasteiger partial charge in [-0.1, -0.05) is 6.92 Å². The van der Waals surface area contributed by atoms with Crippen molar-refractivity contribution in [1.29, 1.82) is 0 Å². The third kappa shape index (κ3) is 4.76. The summed E-state index contributed by atoms with van der Waals surface area (Å²) >= 11 is 0. The topological polar surface area (TPSA) is 109 Å². The zero-order chi connectivity index (χ0) is 16.3. The van der Waals surface area contributed by atoms with Crippen LogP contribution >= 0.6 is 0 Å². The van der Waals surface area contributed by atoms with Crippen molar-refractivity contribution in [2.45, 2.75) is 11.8 Å². The predicted octanol–water partition coefficient (Wildman–Crippen LogP) is 0.107. The molecule has 118 valence electrons. The highest BCUT2D eigenvalue weighted by atomic mass is 32.2. The number of rotatable bonds is 6. The van der Waals surface area contributed by atoms with Gasteiger partial charge in [0.2, 0.25) is 15.9 Å². The Bertz CT molecular complexity index is 744. The summed E-state index contributed by atoms with van der Waals surface area (Å²) in [5.74, 6) is -2.72. The third-order valence-corrected chi connectivity index (χ3v) is 5.58. The van der Waals surface area contributed by atoms with Crippen molar-refractivity contribution in [3.05, 3.63) is 24.0 Å². The fraction of sp³-hybridized carbons (Fsp3) is 0.364. The Kier molecular flexibility index (Phi) is 5.42. The van der Waals surface area contributed by atoms with Crippen molar-refractivity contribution in [3.63, 3.8) is 0 Å². The minimum Gasteiger partial charge on any atom is -0.325 e. The average Bonchev–Trinajstić information content (AvgIpc) is 2.40. The number of nitrogens with one attached hydrogen (secondary N) is 2. The van der Waals surface area contributed by atoms with E-state index in [0.29, 0.717) is 0 Å². The Morgan fingerprint density at radius 1 is 1.24 bits per heavy atom. The second-order valence-electron chi connectivity index (χ2n) is 4.08. The summed E-state index contributed by atoms with van der Waals surface area (Å²) in [4.78, 5) is 10.9. The monoisotopic (exact) mass is 338 g/mol. The molecule has 0 fully saturated rings. The zero-order valence-corrected chi connectivity index (χ0v) is 13.0. The van der Waals surface area contributed by atoms with E-state index in [9.17, 15) is 26.0 Å². The van der Waals surface area contributed by atoms with E-state index in [2.05, 4.69) is 5.32 Å². The van der Waals surface area contributed by atoms with E-state index in [1.165, 1.54) is 6.92 Å². The van der Waals surface area contributed by atoms with Gasteiger partial charge in [0.05, 0.1) is 0 Å². The molecule has 1 aromatic rings. The highest BCUT2D eigenvalue weighted by Gasteiger charge is 2.19. The minimum absolute atomic E-state index is 0.0125. The first-order valence-corrected chi connectivity index (χ1v) is 9.15. The smallest absolute Gasteiger partial charge is 0.243 e. The maximum atomic E-state index is 13.5. The molecule has 1 rings (SSSR count). The fourth-order valence-corrected chi connectivity index (χ4v) is 2.90. The van der Waals surface area contributed by atoms with Gasteiger partial charge in [-0.3, -0.25) is 4.79 Å². The Hall–Kier alpha value is -1.52. The first-order valence-electron chi connectivity index (χ1n) is 5.84. The summed E-state index contributed by atoms with van der Waals surface area (Å²) in [5.41, 5.74) is -0.0125. The predicted molar refractivity (Wildman–Crippen MR) is 75.6 cm³/mol. The second kappa shape index (κ2) is 6.50. The van der Waals surface area contributed by atoms with Crippen molar-refractivity contribution in [3.8, 4) is 0 Å². The average molecular weight is 338 g/mol. The summed E-state index contributed by atoms with van der Waals surface area (Å²) in [6.07, 6.45) is 0. The number of carbonyl (C=O) groups excluding carboxylic acids is 1. The highest BCUT2D eigenvalue weighted by molar-refractivity contribution is 7.92. The number of hydrogen-bond acceptors (Lipinski definition) is 5. The molecule has 21 heavy (non-hydrogen) atoms. The standard InChI is InChI=1S/C11H15FN2O5S2/c1-3-20(16,17)7-11(15)14-8-4-5-9(12)10(6-8)21(18,19)13-2/h4-6,13H,3,7H2,1-2H3,(H,14,15). The minimum atomic E-state index is -4.02. The molecule has 0 aliphatic heterocycles. The molecule has 1 amide bonds. The van der Waals surface area contributed by atoms with E-state index in [1.54, 1.807) is 0 Å². The lowest BCUT2D eigenvalue weighted by Gasteiger charge is -2.09. The molecule has 2 N–H and O–H groups in total. The van der Waals surface area contributed by atoms with Gasteiger partial charge in [0, 0.05) is 11.4 Å². The molecule has 0 saturated heterocycles. The van der Waals surface area contributed by atoms with Crippen LogP contribution in [-0.2, 0) is 24.7 Å². The quantitative estimate of drug-likeness (QED) is 0.765. The molecule has 0 saturated carbocycles. The fourth-order valence-electron chi connectivity index (χ4n) is 1.40. The molecule has 0 unspecified atom stereocenters. The Balaban J connectivity index is 3.02. The van der Waals surface area contributed by atoms with Gasteiger partial charge in [-0.25, -0.2) is 25.9 Å². The van der Waals surface area contributed by atoms with E-state index in [1.807, 2.05) is 4.72 Å². The molecule has 1 aromatic carbocycles. The van der Waals surface area contributed by atoms with Gasteiger partial charge in [0.15, 0.2) is 9.84 Å². The van der Waals surface area contributed by atoms with E-state index in [-0.39, 0.29) is 11.4 Å². The number of hydrogen-bond donors (Lipinski definition) is 2. The molecular weight excluding hydrogens is 323 g/mol. The number of amides is 1. The maximum Gasteiger partial charge on any atom is 0.243 e. The van der Waals surface area contributed by atoms with Crippen LogP contribution in [0.25, 0.3) is 0 Å². The summed E-state index contributed by atoms with van der Waals surface area (Å²) < 4.78 is 61.2. The molecule has 10 heteroatoms. The van der Waals surface area contributed by atoms with E-state index in [4.69, 9.17) is 0 Å². The number of halogens is 1. The Labute approximate surface area is 122 Å². The van der Waals surface area contributed by atoms with Crippen molar-refractivity contribution in [2.24, 2.45) is 0 Å². The summed E-state index contributed by atoms with van der Waals surface area (Å²) in [6, 6.07) is 2.92. The largest absolute Gasteiger partial charge is 0.325 e. The SMILES string of the molecule is CCS(=O)(=O)CC(=O)Nc1ccc(F)c(S(=O)(=O)NC)c1. The van der Waals surface area contributed by atoms with E-state index < -0.39 is 42.2 Å². The molecule has 0 radical (unpaired) electrons. The van der Waals surface area contributed by atoms with E-state index >= 15 is 0 Å². The molecule has 0 aliphatic carbocycles. The number of sulfone groups is 1. The van der Waals surface area contributed by atoms with Crippen LogP contribution in [0.1, 0.15) is 6.92 Å². The van der Waals surface area contributed by atoms with Gasteiger partial charge in [0.1, 0.15) is 16.5 Å². The molecule has 0 bridgehead atoms. The summed E-state index contributed by atoms with van der Waals surface area (Å²) in [5, 5.41) is 2.22. The van der Waals surface area contributed by atoms with Crippen molar-refractivity contribution < 1.29 is 26.0 Å². The Morgan fingerprint density at radius 2 is 1.86 bits per heavy atom. The van der Waals surface area contributed by atoms with Crippen LogP contribution in [0.2, 0.25) is 0 Å². The van der Waals surface area contributed by atoms with Crippen molar-refractivity contribution in [1.82, 2.24) is 4.72 Å². The lowest BCUT2D eigenvalue weighted by Crippen LogP contribution is -2.24. The molecule has 0 atom stereocenters. The van der Waals surface area contributed by atoms with Crippen LogP contribution in [0.5, 0.6) is 0 Å². The number of sulfonamides is 1. The molecule has 7 nitrogen and oxygen atoms in total. The van der Waals surface area contributed by atoms with Gasteiger partial charge in [-0.15, -0.1) is 0 Å². The number of benzene rings is 1. The lowest BCUT2D eigenvalue weighted by molar-refractivity contribution is -0.113. The van der Waals surface area contributed by atoms with Gasteiger partial charge < -0.3 is 5.32 Å². The van der Waals surface area contributed by atoms with Crippen LogP contribution in [-0.4, -0.2) is 41.3 Å². The number of carbonyl (C=O) groups is 1. The normalized spacial score (nSPS) is 12.1. The van der Waals surface area contributed by atoms with Crippen LogP contribution in [0.3, 0.4) is 0 Å². The molecular formula is C11H15FN2O5S2. The molecule has 0 aliphatic rings. The zero-order valence-electron chi connectivity index (χ0n) is 11.4. The first-order chi connectivity index (χ1) is 9.61. The first kappa shape index (κ1) is 17.5. The molecule has 0 aromatic heterocycles. The van der Waals surface area contributed by atoms with Crippen LogP contribution in [0, 0.1) is 5.82 Å². The highest BCUT2D eigenvalue weighted by Crippen LogP contribution is 2.19. The van der Waals surface area contributed by atoms with Crippen LogP contribution in [0.15, 0.2) is 23.1 Å². The summed E-state index contributed by atoms with van der Waals surface area (Å²) in [7, 11) is -6.41. The summed E-state index contributed by atoms with van der Waals surface area (Å²) in [6.45, 7) is 1.40. The van der Waals surface area contributed by atoms with Gasteiger partial charge in [-0.05, 0) is 25.2 Å². The molecule has 0 heterocycles. The van der Waals surface area contributed by atoms with Gasteiger partial charge >= 0.3 is 0 Å². The van der Waals surface area contributed by atoms with Crippen molar-refractivity contribution in [2.75, 3.05) is 23.9 Å². The van der Waals surface area contributed by atoms with E-state index in [0.717, 1.165) is 25.2 Å². The van der Waals surface area contributed by atoms with Crippen LogP contribution in [0.4, 0.5) is 10.1 Å². The van der Waals surface area contributed by atoms with Gasteiger partial charge in [-0.2, -0.15) is 0 Å². The third-order valence-electron chi connectivity index (χ3n) is 2.56.